The maximum atomic E-state index is 5.89. The summed E-state index contributed by atoms with van der Waals surface area (Å²) < 4.78 is 5.89. The van der Waals surface area contributed by atoms with Gasteiger partial charge in [0.1, 0.15) is 0 Å². The van der Waals surface area contributed by atoms with Crippen LogP contribution in [0.1, 0.15) is 32.6 Å². The Bertz CT molecular complexity index is 186. The summed E-state index contributed by atoms with van der Waals surface area (Å²) in [5.41, 5.74) is 0. The van der Waals surface area contributed by atoms with Gasteiger partial charge in [0, 0.05) is 26.2 Å². The number of likely N-dealkylation sites (tertiary alicyclic amines) is 1. The third-order valence-corrected chi connectivity index (χ3v) is 3.87. The molecule has 1 N–H and O–H groups in total. The minimum atomic E-state index is 0.529. The van der Waals surface area contributed by atoms with E-state index in [0.29, 0.717) is 6.10 Å². The highest BCUT2D eigenvalue weighted by molar-refractivity contribution is 4.78. The molecule has 0 amide bonds. The Kier molecular flexibility index (Phi) is 5.07. The maximum absolute atomic E-state index is 5.89. The Balaban J connectivity index is 1.43. The van der Waals surface area contributed by atoms with Crippen LogP contribution in [-0.4, -0.2) is 50.3 Å². The number of hydrogen-bond acceptors (Lipinski definition) is 3. The largest absolute Gasteiger partial charge is 0.378 e. The van der Waals surface area contributed by atoms with Crippen molar-refractivity contribution in [1.29, 1.82) is 0 Å². The van der Waals surface area contributed by atoms with Crippen LogP contribution in [0.3, 0.4) is 0 Å². The second kappa shape index (κ2) is 6.58. The molecule has 0 atom stereocenters. The first-order chi connectivity index (χ1) is 7.88. The number of hydrogen-bond donors (Lipinski definition) is 1. The Morgan fingerprint density at radius 2 is 2.00 bits per heavy atom. The van der Waals surface area contributed by atoms with Gasteiger partial charge in [0.15, 0.2) is 0 Å². The first kappa shape index (κ1) is 12.3. The van der Waals surface area contributed by atoms with Crippen LogP contribution >= 0.6 is 0 Å². The van der Waals surface area contributed by atoms with Crippen LogP contribution in [0.25, 0.3) is 0 Å². The number of nitrogens with zero attached hydrogens (tertiary/aromatic N) is 1. The quantitative estimate of drug-likeness (QED) is 0.694. The molecule has 0 unspecified atom stereocenters. The van der Waals surface area contributed by atoms with Gasteiger partial charge in [0.25, 0.3) is 0 Å². The van der Waals surface area contributed by atoms with E-state index in [0.717, 1.165) is 25.6 Å². The van der Waals surface area contributed by atoms with E-state index in [1.54, 1.807) is 0 Å². The minimum absolute atomic E-state index is 0.529. The van der Waals surface area contributed by atoms with Crippen molar-refractivity contribution >= 4 is 0 Å². The molecular formula is C13H26N2O. The maximum Gasteiger partial charge on any atom is 0.0599 e. The first-order valence-electron chi connectivity index (χ1n) is 6.93. The second-order valence-electron chi connectivity index (χ2n) is 5.21. The summed E-state index contributed by atoms with van der Waals surface area (Å²) in [6.07, 6.45) is 5.48. The van der Waals surface area contributed by atoms with E-state index in [1.807, 2.05) is 0 Å². The van der Waals surface area contributed by atoms with Gasteiger partial charge in [-0.2, -0.15) is 0 Å². The zero-order valence-electron chi connectivity index (χ0n) is 10.6. The molecule has 0 saturated carbocycles. The van der Waals surface area contributed by atoms with Gasteiger partial charge in [-0.25, -0.2) is 0 Å². The fourth-order valence-corrected chi connectivity index (χ4v) is 2.62. The van der Waals surface area contributed by atoms with Crippen LogP contribution in [0, 0.1) is 5.92 Å². The SMILES string of the molecule is CCC1CN(CCCOC2CCNCC2)C1. The molecular weight excluding hydrogens is 200 g/mol. The monoisotopic (exact) mass is 226 g/mol. The molecule has 2 saturated heterocycles. The smallest absolute Gasteiger partial charge is 0.0599 e. The van der Waals surface area contributed by atoms with Crippen molar-refractivity contribution in [2.24, 2.45) is 5.92 Å². The van der Waals surface area contributed by atoms with Crippen molar-refractivity contribution in [3.8, 4) is 0 Å². The van der Waals surface area contributed by atoms with Crippen LogP contribution in [-0.2, 0) is 4.74 Å². The average molecular weight is 226 g/mol. The molecule has 2 heterocycles. The van der Waals surface area contributed by atoms with Crippen LogP contribution in [0.2, 0.25) is 0 Å². The number of piperidine rings is 1. The predicted molar refractivity (Wildman–Crippen MR) is 66.7 cm³/mol. The molecule has 0 aromatic carbocycles. The van der Waals surface area contributed by atoms with Gasteiger partial charge in [0.2, 0.25) is 0 Å². The highest BCUT2D eigenvalue weighted by atomic mass is 16.5. The lowest BCUT2D eigenvalue weighted by molar-refractivity contribution is 0.0192. The lowest BCUT2D eigenvalue weighted by Gasteiger charge is -2.39. The minimum Gasteiger partial charge on any atom is -0.378 e. The second-order valence-corrected chi connectivity index (χ2v) is 5.21. The van der Waals surface area contributed by atoms with E-state index in [9.17, 15) is 0 Å². The summed E-state index contributed by atoms with van der Waals surface area (Å²) in [6, 6.07) is 0. The molecule has 0 spiro atoms. The fraction of sp³-hybridized carbons (Fsp3) is 1.00. The summed E-state index contributed by atoms with van der Waals surface area (Å²) in [4.78, 5) is 2.56. The molecule has 0 radical (unpaired) electrons. The van der Waals surface area contributed by atoms with Crippen molar-refractivity contribution in [3.63, 3.8) is 0 Å². The Morgan fingerprint density at radius 1 is 1.25 bits per heavy atom. The summed E-state index contributed by atoms with van der Waals surface area (Å²) in [5, 5.41) is 3.36. The molecule has 2 aliphatic heterocycles. The van der Waals surface area contributed by atoms with Crippen LogP contribution in [0.5, 0.6) is 0 Å². The third-order valence-electron chi connectivity index (χ3n) is 3.87. The molecule has 0 aromatic rings. The summed E-state index contributed by atoms with van der Waals surface area (Å²) in [5.74, 6) is 0.977. The van der Waals surface area contributed by atoms with E-state index < -0.39 is 0 Å². The van der Waals surface area contributed by atoms with Gasteiger partial charge in [-0.15, -0.1) is 0 Å². The Morgan fingerprint density at radius 3 is 2.69 bits per heavy atom. The summed E-state index contributed by atoms with van der Waals surface area (Å²) >= 11 is 0. The van der Waals surface area contributed by atoms with Gasteiger partial charge in [-0.05, 0) is 38.3 Å². The normalized spacial score (nSPS) is 24.6. The molecule has 0 bridgehead atoms. The first-order valence-corrected chi connectivity index (χ1v) is 6.93. The lowest BCUT2D eigenvalue weighted by atomic mass is 9.97. The van der Waals surface area contributed by atoms with Crippen molar-refractivity contribution in [2.75, 3.05) is 39.3 Å². The van der Waals surface area contributed by atoms with Gasteiger partial charge in [-0.1, -0.05) is 13.3 Å². The predicted octanol–water partition coefficient (Wildman–Crippen LogP) is 1.49. The van der Waals surface area contributed by atoms with Crippen molar-refractivity contribution in [1.82, 2.24) is 10.2 Å². The molecule has 3 heteroatoms. The highest BCUT2D eigenvalue weighted by Gasteiger charge is 2.23. The van der Waals surface area contributed by atoms with Gasteiger partial charge in [-0.3, -0.25) is 0 Å². The zero-order chi connectivity index (χ0) is 11.2. The Hall–Kier alpha value is -0.120. The van der Waals surface area contributed by atoms with Gasteiger partial charge < -0.3 is 15.0 Å². The van der Waals surface area contributed by atoms with Crippen molar-refractivity contribution in [2.45, 2.75) is 38.7 Å². The molecule has 2 aliphatic rings. The molecule has 0 aliphatic carbocycles. The highest BCUT2D eigenvalue weighted by Crippen LogP contribution is 2.18. The van der Waals surface area contributed by atoms with E-state index in [-0.39, 0.29) is 0 Å². The molecule has 2 fully saturated rings. The molecule has 2 rings (SSSR count). The number of ether oxygens (including phenoxy) is 1. The number of rotatable bonds is 6. The lowest BCUT2D eigenvalue weighted by Crippen LogP contribution is -2.46. The third kappa shape index (κ3) is 3.72. The van der Waals surface area contributed by atoms with Crippen molar-refractivity contribution in [3.05, 3.63) is 0 Å². The Labute approximate surface area is 99.5 Å². The average Bonchev–Trinajstić information content (AvgIpc) is 2.28. The molecule has 16 heavy (non-hydrogen) atoms. The zero-order valence-corrected chi connectivity index (χ0v) is 10.6. The van der Waals surface area contributed by atoms with Gasteiger partial charge in [0.05, 0.1) is 6.10 Å². The van der Waals surface area contributed by atoms with E-state index in [2.05, 4.69) is 17.1 Å². The van der Waals surface area contributed by atoms with E-state index >= 15 is 0 Å². The molecule has 0 aromatic heterocycles. The van der Waals surface area contributed by atoms with Gasteiger partial charge >= 0.3 is 0 Å². The molecule has 3 nitrogen and oxygen atoms in total. The van der Waals surface area contributed by atoms with E-state index in [1.165, 1.54) is 45.3 Å². The van der Waals surface area contributed by atoms with Crippen LogP contribution < -0.4 is 5.32 Å². The van der Waals surface area contributed by atoms with Crippen molar-refractivity contribution < 1.29 is 4.74 Å². The van der Waals surface area contributed by atoms with E-state index in [4.69, 9.17) is 4.74 Å². The topological polar surface area (TPSA) is 24.5 Å². The van der Waals surface area contributed by atoms with Crippen LogP contribution in [0.4, 0.5) is 0 Å². The standard InChI is InChI=1S/C13H26N2O/c1-2-12-10-15(11-12)8-3-9-16-13-4-6-14-7-5-13/h12-14H,2-11H2,1H3. The van der Waals surface area contributed by atoms with Crippen LogP contribution in [0.15, 0.2) is 0 Å². The summed E-state index contributed by atoms with van der Waals surface area (Å²) in [7, 11) is 0. The fourth-order valence-electron chi connectivity index (χ4n) is 2.62. The summed E-state index contributed by atoms with van der Waals surface area (Å²) in [6.45, 7) is 9.40. The number of nitrogens with one attached hydrogen (secondary N) is 1. The molecule has 94 valence electrons.